The first-order valence-electron chi connectivity index (χ1n) is 8.05. The minimum atomic E-state index is 0.142. The number of aryl methyl sites for hydroxylation is 1. The molecule has 0 bridgehead atoms. The zero-order valence-corrected chi connectivity index (χ0v) is 15.1. The Labute approximate surface area is 152 Å². The molecular formula is C19H20Cl2N2O. The summed E-state index contributed by atoms with van der Waals surface area (Å²) in [4.78, 5) is 16.9. The Hall–Kier alpha value is -1.55. The van der Waals surface area contributed by atoms with Gasteiger partial charge in [-0.2, -0.15) is 0 Å². The number of hydrogen-bond donors (Lipinski definition) is 0. The van der Waals surface area contributed by atoms with Gasteiger partial charge in [-0.1, -0.05) is 47.5 Å². The van der Waals surface area contributed by atoms with Crippen molar-refractivity contribution in [2.24, 2.45) is 0 Å². The van der Waals surface area contributed by atoms with Gasteiger partial charge in [-0.05, 0) is 42.8 Å². The molecular weight excluding hydrogens is 343 g/mol. The molecule has 0 saturated carbocycles. The molecule has 126 valence electrons. The van der Waals surface area contributed by atoms with Crippen molar-refractivity contribution in [3.63, 3.8) is 0 Å². The number of para-hydroxylation sites is 1. The average molecular weight is 363 g/mol. The van der Waals surface area contributed by atoms with Crippen LogP contribution in [-0.4, -0.2) is 30.9 Å². The zero-order chi connectivity index (χ0) is 17.1. The van der Waals surface area contributed by atoms with Crippen LogP contribution in [0.1, 0.15) is 17.5 Å². The minimum Gasteiger partial charge on any atom is -0.311 e. The molecule has 0 aliphatic carbocycles. The molecule has 0 radical (unpaired) electrons. The Balaban J connectivity index is 1.73. The molecule has 3 nitrogen and oxygen atoms in total. The van der Waals surface area contributed by atoms with Gasteiger partial charge in [0.15, 0.2) is 0 Å². The summed E-state index contributed by atoms with van der Waals surface area (Å²) in [5, 5.41) is 1.07. The van der Waals surface area contributed by atoms with Crippen LogP contribution in [0, 0.1) is 0 Å². The molecule has 5 heteroatoms. The molecule has 1 heterocycles. The second-order valence-corrected chi connectivity index (χ2v) is 6.97. The number of fused-ring (bicyclic) bond motifs is 1. The summed E-state index contributed by atoms with van der Waals surface area (Å²) in [6.07, 6.45) is 1.11. The van der Waals surface area contributed by atoms with E-state index in [1.165, 1.54) is 5.56 Å². The third kappa shape index (κ3) is 3.92. The molecule has 0 aromatic heterocycles. The number of benzene rings is 2. The third-order valence-electron chi connectivity index (χ3n) is 4.34. The molecule has 1 aliphatic heterocycles. The molecule has 1 amide bonds. The lowest BCUT2D eigenvalue weighted by Gasteiger charge is -2.22. The van der Waals surface area contributed by atoms with Gasteiger partial charge in [0.25, 0.3) is 0 Å². The van der Waals surface area contributed by atoms with E-state index in [2.05, 4.69) is 18.0 Å². The summed E-state index contributed by atoms with van der Waals surface area (Å²) in [6.45, 7) is 2.45. The van der Waals surface area contributed by atoms with E-state index in [0.29, 0.717) is 29.4 Å². The minimum absolute atomic E-state index is 0.142. The number of likely N-dealkylation sites (N-methyl/N-ethyl adjacent to an activating group) is 1. The van der Waals surface area contributed by atoms with Crippen LogP contribution in [0.25, 0.3) is 0 Å². The van der Waals surface area contributed by atoms with Crippen LogP contribution in [-0.2, 0) is 17.8 Å². The van der Waals surface area contributed by atoms with Gasteiger partial charge in [-0.25, -0.2) is 0 Å². The van der Waals surface area contributed by atoms with Crippen molar-refractivity contribution < 1.29 is 4.79 Å². The van der Waals surface area contributed by atoms with Crippen LogP contribution in [0.4, 0.5) is 5.69 Å². The number of rotatable bonds is 3. The highest BCUT2D eigenvalue weighted by Crippen LogP contribution is 2.26. The van der Waals surface area contributed by atoms with Crippen LogP contribution in [0.3, 0.4) is 0 Å². The molecule has 1 aliphatic rings. The summed E-state index contributed by atoms with van der Waals surface area (Å²) >= 11 is 12.0. The van der Waals surface area contributed by atoms with Gasteiger partial charge in [-0.15, -0.1) is 0 Å². The number of nitrogens with zero attached hydrogens (tertiary/aromatic N) is 2. The molecule has 0 spiro atoms. The first-order valence-corrected chi connectivity index (χ1v) is 8.81. The van der Waals surface area contributed by atoms with Gasteiger partial charge >= 0.3 is 0 Å². The van der Waals surface area contributed by atoms with Crippen LogP contribution in [0.15, 0.2) is 42.5 Å². The van der Waals surface area contributed by atoms with E-state index in [1.54, 1.807) is 6.07 Å². The summed E-state index contributed by atoms with van der Waals surface area (Å²) < 4.78 is 0. The van der Waals surface area contributed by atoms with E-state index in [0.717, 1.165) is 24.3 Å². The van der Waals surface area contributed by atoms with E-state index in [4.69, 9.17) is 23.2 Å². The van der Waals surface area contributed by atoms with Crippen molar-refractivity contribution in [1.29, 1.82) is 0 Å². The van der Waals surface area contributed by atoms with Gasteiger partial charge in [-0.3, -0.25) is 4.79 Å². The summed E-state index contributed by atoms with van der Waals surface area (Å²) in [5.41, 5.74) is 3.25. The van der Waals surface area contributed by atoms with Crippen molar-refractivity contribution in [3.05, 3.63) is 63.6 Å². The number of carbonyl (C=O) groups excluding carboxylic acids is 1. The Morgan fingerprint density at radius 3 is 2.67 bits per heavy atom. The second-order valence-electron chi connectivity index (χ2n) is 6.16. The number of hydrogen-bond acceptors (Lipinski definition) is 2. The normalized spacial score (nSPS) is 15.0. The molecule has 3 rings (SSSR count). The van der Waals surface area contributed by atoms with Crippen LogP contribution >= 0.6 is 23.2 Å². The van der Waals surface area contributed by atoms with E-state index < -0.39 is 0 Å². The van der Waals surface area contributed by atoms with Crippen molar-refractivity contribution in [3.8, 4) is 0 Å². The average Bonchev–Trinajstić information content (AvgIpc) is 2.74. The van der Waals surface area contributed by atoms with Crippen LogP contribution in [0.5, 0.6) is 0 Å². The molecule has 0 N–H and O–H groups in total. The van der Waals surface area contributed by atoms with E-state index >= 15 is 0 Å². The largest absolute Gasteiger partial charge is 0.311 e. The molecule has 0 atom stereocenters. The van der Waals surface area contributed by atoms with Crippen molar-refractivity contribution in [2.45, 2.75) is 19.4 Å². The van der Waals surface area contributed by atoms with Gasteiger partial charge < -0.3 is 9.80 Å². The number of amides is 1. The third-order valence-corrected chi connectivity index (χ3v) is 5.08. The van der Waals surface area contributed by atoms with Gasteiger partial charge in [0.2, 0.25) is 5.91 Å². The summed E-state index contributed by atoms with van der Waals surface area (Å²) in [6, 6.07) is 13.7. The number of halogens is 2. The highest BCUT2D eigenvalue weighted by atomic mass is 35.5. The van der Waals surface area contributed by atoms with Crippen molar-refractivity contribution in [1.82, 2.24) is 4.90 Å². The fraction of sp³-hybridized carbons (Fsp3) is 0.316. The smallest absolute Gasteiger partial charge is 0.227 e. The maximum Gasteiger partial charge on any atom is 0.227 e. The Morgan fingerprint density at radius 2 is 1.88 bits per heavy atom. The number of anilines is 1. The first kappa shape index (κ1) is 17.3. The molecule has 0 fully saturated rings. The second kappa shape index (κ2) is 7.56. The fourth-order valence-corrected chi connectivity index (χ4v) is 3.33. The molecule has 24 heavy (non-hydrogen) atoms. The quantitative estimate of drug-likeness (QED) is 0.807. The maximum atomic E-state index is 12.8. The fourth-order valence-electron chi connectivity index (χ4n) is 3.01. The lowest BCUT2D eigenvalue weighted by atomic mass is 10.1. The Bertz CT molecular complexity index is 748. The first-order chi connectivity index (χ1) is 11.5. The maximum absolute atomic E-state index is 12.8. The Morgan fingerprint density at radius 1 is 1.08 bits per heavy atom. The van der Waals surface area contributed by atoms with E-state index in [-0.39, 0.29) is 5.91 Å². The molecule has 2 aromatic rings. The summed E-state index contributed by atoms with van der Waals surface area (Å²) in [7, 11) is 2.08. The van der Waals surface area contributed by atoms with E-state index in [1.807, 2.05) is 35.2 Å². The monoisotopic (exact) mass is 362 g/mol. The lowest BCUT2D eigenvalue weighted by molar-refractivity contribution is -0.118. The SMILES string of the molecule is CN1CCN(C(=O)CCc2ccc(Cl)c(Cl)c2)c2ccccc2C1. The molecule has 0 saturated heterocycles. The summed E-state index contributed by atoms with van der Waals surface area (Å²) in [5.74, 6) is 0.142. The predicted octanol–water partition coefficient (Wildman–Crippen LogP) is 4.40. The van der Waals surface area contributed by atoms with Crippen LogP contribution in [0.2, 0.25) is 10.0 Å². The topological polar surface area (TPSA) is 23.6 Å². The predicted molar refractivity (Wildman–Crippen MR) is 99.9 cm³/mol. The van der Waals surface area contributed by atoms with Gasteiger partial charge in [0, 0.05) is 31.7 Å². The van der Waals surface area contributed by atoms with Crippen LogP contribution < -0.4 is 4.90 Å². The molecule has 0 unspecified atom stereocenters. The standard InChI is InChI=1S/C19H20Cl2N2O/c1-22-10-11-23(18-5-3-2-4-15(18)13-22)19(24)9-7-14-6-8-16(20)17(21)12-14/h2-6,8,12H,7,9-11,13H2,1H3. The lowest BCUT2D eigenvalue weighted by Crippen LogP contribution is -2.35. The van der Waals surface area contributed by atoms with Crippen molar-refractivity contribution >= 4 is 34.8 Å². The number of carbonyl (C=O) groups is 1. The zero-order valence-electron chi connectivity index (χ0n) is 13.6. The van der Waals surface area contributed by atoms with E-state index in [9.17, 15) is 4.79 Å². The molecule has 2 aromatic carbocycles. The highest BCUT2D eigenvalue weighted by molar-refractivity contribution is 6.42. The van der Waals surface area contributed by atoms with Gasteiger partial charge in [0.05, 0.1) is 10.0 Å². The van der Waals surface area contributed by atoms with Gasteiger partial charge in [0.1, 0.15) is 0 Å². The highest BCUT2D eigenvalue weighted by Gasteiger charge is 2.22. The Kier molecular flexibility index (Phi) is 5.44. The van der Waals surface area contributed by atoms with Crippen molar-refractivity contribution in [2.75, 3.05) is 25.0 Å².